The normalized spacial score (nSPS) is 15.7. The lowest BCUT2D eigenvalue weighted by Crippen LogP contribution is -2.38. The highest BCUT2D eigenvalue weighted by atomic mass is 35.5. The zero-order chi connectivity index (χ0) is 23.2. The van der Waals surface area contributed by atoms with Crippen molar-refractivity contribution in [3.63, 3.8) is 0 Å². The summed E-state index contributed by atoms with van der Waals surface area (Å²) >= 11 is 11.8. The van der Waals surface area contributed by atoms with Crippen LogP contribution < -0.4 is 5.32 Å². The van der Waals surface area contributed by atoms with Crippen LogP contribution in [0.1, 0.15) is 29.9 Å². The van der Waals surface area contributed by atoms with Gasteiger partial charge < -0.3 is 20.3 Å². The minimum absolute atomic E-state index is 0.130. The Hall–Kier alpha value is -2.73. The van der Waals surface area contributed by atoms with Crippen molar-refractivity contribution in [2.24, 2.45) is 0 Å². The number of piperidine rings is 1. The number of allylic oxidation sites excluding steroid dienone is 2. The van der Waals surface area contributed by atoms with Crippen molar-refractivity contribution >= 4 is 46.1 Å². The van der Waals surface area contributed by atoms with E-state index in [0.717, 1.165) is 38.0 Å². The number of phenolic OH excluding ortho intramolecular Hbond substituents is 1. The van der Waals surface area contributed by atoms with Crippen LogP contribution in [0.2, 0.25) is 10.0 Å². The number of nitrogens with one attached hydrogen (secondary N) is 2. The summed E-state index contributed by atoms with van der Waals surface area (Å²) in [6.45, 7) is 3.54. The van der Waals surface area contributed by atoms with Gasteiger partial charge in [0.1, 0.15) is 0 Å². The van der Waals surface area contributed by atoms with Crippen LogP contribution in [-0.2, 0) is 4.79 Å². The Bertz CT molecular complexity index is 1150. The molecule has 2 aromatic carbocycles. The van der Waals surface area contributed by atoms with Crippen molar-refractivity contribution in [2.45, 2.75) is 18.8 Å². The predicted octanol–water partition coefficient (Wildman–Crippen LogP) is 5.75. The zero-order valence-electron chi connectivity index (χ0n) is 18.2. The molecule has 0 bridgehead atoms. The van der Waals surface area contributed by atoms with Crippen LogP contribution >= 0.6 is 23.2 Å². The van der Waals surface area contributed by atoms with Gasteiger partial charge in [-0.1, -0.05) is 59.6 Å². The van der Waals surface area contributed by atoms with Gasteiger partial charge in [-0.15, -0.1) is 0 Å². The first-order chi connectivity index (χ1) is 16.0. The lowest BCUT2D eigenvalue weighted by atomic mass is 9.89. The summed E-state index contributed by atoms with van der Waals surface area (Å²) in [7, 11) is 0. The van der Waals surface area contributed by atoms with Crippen molar-refractivity contribution in [1.29, 1.82) is 0 Å². The Morgan fingerprint density at radius 3 is 2.64 bits per heavy atom. The van der Waals surface area contributed by atoms with Gasteiger partial charge in [-0.05, 0) is 61.2 Å². The SMILES string of the molecule is O=C(C=CC=Cc1cc(Cl)c(O)c(Cl)c1)NCCN1CCC(c2c[nH]c3ccccc23)CC1. The molecular formula is C26H27Cl2N3O2. The molecule has 0 aliphatic carbocycles. The molecule has 3 aromatic rings. The van der Waals surface area contributed by atoms with Gasteiger partial charge in [-0.2, -0.15) is 0 Å². The van der Waals surface area contributed by atoms with E-state index in [9.17, 15) is 9.90 Å². The second-order valence-corrected chi connectivity index (χ2v) is 9.06. The Balaban J connectivity index is 1.17. The molecule has 0 spiro atoms. The van der Waals surface area contributed by atoms with Gasteiger partial charge in [0.2, 0.25) is 5.91 Å². The van der Waals surface area contributed by atoms with Crippen LogP contribution in [0, 0.1) is 0 Å². The number of H-pyrrole nitrogens is 1. The molecule has 0 radical (unpaired) electrons. The minimum Gasteiger partial charge on any atom is -0.505 e. The Kier molecular flexibility index (Phi) is 7.76. The number of aromatic nitrogens is 1. The van der Waals surface area contributed by atoms with Gasteiger partial charge in [-0.25, -0.2) is 0 Å². The maximum absolute atomic E-state index is 12.1. The number of likely N-dealkylation sites (tertiary alicyclic amines) is 1. The second kappa shape index (κ2) is 10.9. The van der Waals surface area contributed by atoms with Gasteiger partial charge in [0.15, 0.2) is 5.75 Å². The van der Waals surface area contributed by atoms with Crippen LogP contribution in [0.15, 0.2) is 60.8 Å². The fraction of sp³-hybridized carbons (Fsp3) is 0.269. The predicted molar refractivity (Wildman–Crippen MR) is 136 cm³/mol. The number of phenols is 1. The largest absolute Gasteiger partial charge is 0.505 e. The van der Waals surface area contributed by atoms with Crippen LogP contribution in [0.25, 0.3) is 17.0 Å². The third-order valence-electron chi connectivity index (χ3n) is 6.06. The van der Waals surface area contributed by atoms with Gasteiger partial charge in [0.25, 0.3) is 0 Å². The molecule has 2 heterocycles. The minimum atomic E-state index is -0.132. The smallest absolute Gasteiger partial charge is 0.244 e. The molecule has 1 amide bonds. The highest BCUT2D eigenvalue weighted by Gasteiger charge is 2.22. The molecule has 5 nitrogen and oxygen atoms in total. The van der Waals surface area contributed by atoms with E-state index in [1.54, 1.807) is 30.4 Å². The Morgan fingerprint density at radius 1 is 1.15 bits per heavy atom. The van der Waals surface area contributed by atoms with Gasteiger partial charge >= 0.3 is 0 Å². The maximum atomic E-state index is 12.1. The third-order valence-corrected chi connectivity index (χ3v) is 6.64. The number of rotatable bonds is 7. The summed E-state index contributed by atoms with van der Waals surface area (Å²) in [6.07, 6.45) is 11.1. The Morgan fingerprint density at radius 2 is 1.88 bits per heavy atom. The fourth-order valence-corrected chi connectivity index (χ4v) is 4.79. The lowest BCUT2D eigenvalue weighted by molar-refractivity contribution is -0.116. The number of fused-ring (bicyclic) bond motifs is 1. The molecule has 1 aromatic heterocycles. The Labute approximate surface area is 203 Å². The lowest BCUT2D eigenvalue weighted by Gasteiger charge is -2.31. The summed E-state index contributed by atoms with van der Waals surface area (Å²) < 4.78 is 0. The standard InChI is InChI=1S/C26H27Cl2N3O2/c27-22-15-18(16-23(28)26(22)33)5-1-4-8-25(32)29-11-14-31-12-9-19(10-13-31)21-17-30-24-7-3-2-6-20(21)24/h1-8,15-17,19,30,33H,9-14H2,(H,29,32). The molecule has 33 heavy (non-hydrogen) atoms. The van der Waals surface area contributed by atoms with Crippen molar-refractivity contribution in [3.8, 4) is 5.75 Å². The molecule has 1 fully saturated rings. The van der Waals surface area contributed by atoms with Crippen LogP contribution in [0.5, 0.6) is 5.75 Å². The van der Waals surface area contributed by atoms with Crippen LogP contribution in [-0.4, -0.2) is 47.1 Å². The number of carbonyl (C=O) groups is 1. The number of nitrogens with zero attached hydrogens (tertiary/aromatic N) is 1. The van der Waals surface area contributed by atoms with Crippen molar-refractivity contribution in [1.82, 2.24) is 15.2 Å². The van der Waals surface area contributed by atoms with Crippen LogP contribution in [0.4, 0.5) is 0 Å². The first-order valence-electron chi connectivity index (χ1n) is 11.1. The highest BCUT2D eigenvalue weighted by Crippen LogP contribution is 2.34. The van der Waals surface area contributed by atoms with E-state index in [4.69, 9.17) is 23.2 Å². The number of carbonyl (C=O) groups excluding carboxylic acids is 1. The van der Waals surface area contributed by atoms with E-state index in [0.29, 0.717) is 12.5 Å². The molecular weight excluding hydrogens is 457 g/mol. The average Bonchev–Trinajstić information content (AvgIpc) is 3.25. The molecule has 7 heteroatoms. The zero-order valence-corrected chi connectivity index (χ0v) is 19.7. The number of aromatic hydroxyl groups is 1. The van der Waals surface area contributed by atoms with Crippen molar-refractivity contribution < 1.29 is 9.90 Å². The van der Waals surface area contributed by atoms with E-state index >= 15 is 0 Å². The first-order valence-corrected chi connectivity index (χ1v) is 11.9. The molecule has 0 atom stereocenters. The molecule has 1 aliphatic heterocycles. The summed E-state index contributed by atoms with van der Waals surface area (Å²) in [5.74, 6) is 0.322. The quantitative estimate of drug-likeness (QED) is 0.296. The maximum Gasteiger partial charge on any atom is 0.244 e. The molecule has 172 valence electrons. The molecule has 1 saturated heterocycles. The number of aromatic amines is 1. The van der Waals surface area contributed by atoms with Gasteiger partial charge in [0.05, 0.1) is 10.0 Å². The highest BCUT2D eigenvalue weighted by molar-refractivity contribution is 6.37. The number of para-hydroxylation sites is 1. The van der Waals surface area contributed by atoms with Crippen molar-refractivity contribution in [3.05, 3.63) is 82.0 Å². The summed E-state index contributed by atoms with van der Waals surface area (Å²) in [5.41, 5.74) is 3.37. The molecule has 4 rings (SSSR count). The van der Waals surface area contributed by atoms with E-state index in [1.807, 2.05) is 0 Å². The summed E-state index contributed by atoms with van der Waals surface area (Å²) in [5, 5.41) is 14.2. The molecule has 0 unspecified atom stereocenters. The van der Waals surface area contributed by atoms with Crippen molar-refractivity contribution in [2.75, 3.05) is 26.2 Å². The van der Waals surface area contributed by atoms with Crippen LogP contribution in [0.3, 0.4) is 0 Å². The molecule has 3 N–H and O–H groups in total. The van der Waals surface area contributed by atoms with E-state index in [1.165, 1.54) is 22.5 Å². The number of hydrogen-bond donors (Lipinski definition) is 3. The summed E-state index contributed by atoms with van der Waals surface area (Å²) in [4.78, 5) is 17.8. The van der Waals surface area contributed by atoms with Gasteiger partial charge in [0, 0.05) is 36.3 Å². The number of hydrogen-bond acceptors (Lipinski definition) is 3. The number of halogens is 2. The molecule has 0 saturated carbocycles. The topological polar surface area (TPSA) is 68.4 Å². The molecule has 1 aliphatic rings. The number of benzene rings is 2. The van der Waals surface area contributed by atoms with Gasteiger partial charge in [-0.3, -0.25) is 4.79 Å². The third kappa shape index (κ3) is 5.99. The monoisotopic (exact) mass is 483 g/mol. The average molecular weight is 484 g/mol. The van der Waals surface area contributed by atoms with E-state index < -0.39 is 0 Å². The number of amides is 1. The first kappa shape index (κ1) is 23.4. The second-order valence-electron chi connectivity index (χ2n) is 8.25. The van der Waals surface area contributed by atoms with E-state index in [2.05, 4.69) is 45.7 Å². The summed E-state index contributed by atoms with van der Waals surface area (Å²) in [6, 6.07) is 11.7. The van der Waals surface area contributed by atoms with E-state index in [-0.39, 0.29) is 21.7 Å². The fourth-order valence-electron chi connectivity index (χ4n) is 4.29.